The molecule has 2 aliphatic rings. The molecule has 3 heteroatoms. The molecule has 250 valence electrons. The summed E-state index contributed by atoms with van der Waals surface area (Å²) in [6.07, 6.45) is 8.82. The molecule has 0 fully saturated rings. The first-order valence-corrected chi connectivity index (χ1v) is 22.2. The Labute approximate surface area is 314 Å². The van der Waals surface area contributed by atoms with E-state index in [0.717, 1.165) is 11.4 Å². The van der Waals surface area contributed by atoms with Gasteiger partial charge in [-0.05, 0) is 0 Å². The molecule has 6 aromatic rings. The first-order valence-electron chi connectivity index (χ1n) is 18.1. The van der Waals surface area contributed by atoms with Gasteiger partial charge in [0.25, 0.3) is 0 Å². The molecule has 2 nitrogen and oxygen atoms in total. The number of pyridine rings is 2. The minimum absolute atomic E-state index is 0.119. The maximum atomic E-state index is 4.95. The number of hydrogen-bond donors (Lipinski definition) is 0. The molecule has 0 amide bonds. The van der Waals surface area contributed by atoms with Crippen LogP contribution in [-0.2, 0) is 33.7 Å². The van der Waals surface area contributed by atoms with Crippen LogP contribution in [0.15, 0.2) is 134 Å². The van der Waals surface area contributed by atoms with Crippen LogP contribution in [-0.4, -0.2) is 9.97 Å². The zero-order chi connectivity index (χ0) is 35.3. The number of nitrogens with zero attached hydrogens (tertiary/aromatic N) is 2. The molecule has 0 radical (unpaired) electrons. The Bertz CT molecular complexity index is 2100. The van der Waals surface area contributed by atoms with Crippen LogP contribution in [0.2, 0.25) is 0 Å². The molecule has 0 bridgehead atoms. The molecule has 0 saturated heterocycles. The van der Waals surface area contributed by atoms with Crippen LogP contribution in [0.3, 0.4) is 0 Å². The number of aromatic nitrogens is 2. The van der Waals surface area contributed by atoms with E-state index in [-0.39, 0.29) is 10.8 Å². The zero-order valence-corrected chi connectivity index (χ0v) is 34.0. The summed E-state index contributed by atoms with van der Waals surface area (Å²) in [5, 5.41) is 0. The Morgan fingerprint density at radius 2 is 0.863 bits per heavy atom. The Morgan fingerprint density at radius 3 is 1.22 bits per heavy atom. The third kappa shape index (κ3) is 6.46. The van der Waals surface area contributed by atoms with E-state index in [0.29, 0.717) is 7.35 Å². The number of fused-ring (bicyclic) bond motifs is 2. The molecule has 2 heterocycles. The molecule has 0 saturated carbocycles. The van der Waals surface area contributed by atoms with Crippen LogP contribution < -0.4 is 0 Å². The summed E-state index contributed by atoms with van der Waals surface area (Å²) in [6, 6.07) is 45.1. The molecule has 4 aromatic carbocycles. The number of rotatable bonds is 6. The van der Waals surface area contributed by atoms with Crippen molar-refractivity contribution in [2.75, 3.05) is 0 Å². The second-order valence-corrected chi connectivity index (χ2v) is 21.3. The normalized spacial score (nSPS) is 16.7. The van der Waals surface area contributed by atoms with Gasteiger partial charge in [0.1, 0.15) is 0 Å². The van der Waals surface area contributed by atoms with Gasteiger partial charge in [-0.25, -0.2) is 0 Å². The van der Waals surface area contributed by atoms with E-state index >= 15 is 0 Å². The molecule has 51 heavy (non-hydrogen) atoms. The minimum atomic E-state index is -1.62. The van der Waals surface area contributed by atoms with E-state index in [2.05, 4.69) is 163 Å². The summed E-state index contributed by atoms with van der Waals surface area (Å²) in [4.78, 5) is 9.89. The second-order valence-electron chi connectivity index (χ2n) is 15.9. The number of allylic oxidation sites excluding steroid dienone is 2. The average Bonchev–Trinajstić information content (AvgIpc) is 3.70. The van der Waals surface area contributed by atoms with Gasteiger partial charge in [0.2, 0.25) is 0 Å². The number of hydrogen-bond acceptors (Lipinski definition) is 2. The van der Waals surface area contributed by atoms with Crippen molar-refractivity contribution in [1.82, 2.24) is 9.97 Å². The molecule has 2 atom stereocenters. The molecular formula is C48H44HfN2. The van der Waals surface area contributed by atoms with Crippen LogP contribution in [0, 0.1) is 0 Å². The van der Waals surface area contributed by atoms with Gasteiger partial charge in [-0.15, -0.1) is 0 Å². The van der Waals surface area contributed by atoms with E-state index in [1.54, 1.807) is 0 Å². The molecule has 2 aliphatic carbocycles. The molecule has 2 unspecified atom stereocenters. The fourth-order valence-electron chi connectivity index (χ4n) is 7.64. The molecule has 0 spiro atoms. The fraction of sp³-hybridized carbons (Fsp3) is 0.208. The molecule has 8 rings (SSSR count). The number of benzene rings is 4. The SMILES string of the molecule is CC(C)(C)c1ccc(-c2cccc3c2C=C(c2ccccn2)[CH]3[Hf][CH]2C(c3ccccn3)=Cc3c(-c4ccc(C(C)(C)C)cc4)cccc32)cc1. The quantitative estimate of drug-likeness (QED) is 0.156. The van der Waals surface area contributed by atoms with Gasteiger partial charge in [-0.1, -0.05) is 0 Å². The third-order valence-corrected chi connectivity index (χ3v) is 17.4. The van der Waals surface area contributed by atoms with Gasteiger partial charge in [0.15, 0.2) is 0 Å². The van der Waals surface area contributed by atoms with Gasteiger partial charge in [0, 0.05) is 0 Å². The van der Waals surface area contributed by atoms with Crippen LogP contribution in [0.4, 0.5) is 0 Å². The standard InChI is InChI=1S/2C24H22N.Hf/c2*1-24(2,3)20-12-10-17(11-13-20)21-8-6-7-18-15-19(16-22(18)21)23-9-4-5-14-25-23;/h2*4-16H,1-3H3;. The van der Waals surface area contributed by atoms with Crippen LogP contribution >= 0.6 is 0 Å². The zero-order valence-electron chi connectivity index (χ0n) is 30.4. The van der Waals surface area contributed by atoms with Gasteiger partial charge in [-0.2, -0.15) is 0 Å². The van der Waals surface area contributed by atoms with Crippen molar-refractivity contribution in [2.45, 2.75) is 59.7 Å². The van der Waals surface area contributed by atoms with Gasteiger partial charge >= 0.3 is 317 Å². The van der Waals surface area contributed by atoms with Crippen molar-refractivity contribution < 1.29 is 22.9 Å². The van der Waals surface area contributed by atoms with Crippen molar-refractivity contribution in [3.63, 3.8) is 0 Å². The van der Waals surface area contributed by atoms with E-state index in [4.69, 9.17) is 9.97 Å². The fourth-order valence-corrected chi connectivity index (χ4v) is 14.9. The van der Waals surface area contributed by atoms with Crippen molar-refractivity contribution >= 4 is 23.3 Å². The average molecular weight is 827 g/mol. The Morgan fingerprint density at radius 1 is 0.451 bits per heavy atom. The van der Waals surface area contributed by atoms with Gasteiger partial charge in [-0.3, -0.25) is 0 Å². The van der Waals surface area contributed by atoms with Crippen LogP contribution in [0.25, 0.3) is 45.6 Å². The summed E-state index contributed by atoms with van der Waals surface area (Å²) in [5.41, 5.74) is 18.7. The first kappa shape index (κ1) is 33.7. The summed E-state index contributed by atoms with van der Waals surface area (Å²) >= 11 is -1.62. The first-order chi connectivity index (χ1) is 24.6. The van der Waals surface area contributed by atoms with E-state index < -0.39 is 22.9 Å². The second kappa shape index (κ2) is 13.3. The summed E-state index contributed by atoms with van der Waals surface area (Å²) < 4.78 is 0.725. The monoisotopic (exact) mass is 828 g/mol. The van der Waals surface area contributed by atoms with Crippen LogP contribution in [0.5, 0.6) is 0 Å². The molecular weight excluding hydrogens is 783 g/mol. The van der Waals surface area contributed by atoms with Crippen LogP contribution in [0.1, 0.15) is 93.7 Å². The molecule has 0 N–H and O–H groups in total. The van der Waals surface area contributed by atoms with Crippen molar-refractivity contribution in [1.29, 1.82) is 0 Å². The van der Waals surface area contributed by atoms with Gasteiger partial charge < -0.3 is 0 Å². The predicted octanol–water partition coefficient (Wildman–Crippen LogP) is 12.4. The summed E-state index contributed by atoms with van der Waals surface area (Å²) in [5.74, 6) is 0. The topological polar surface area (TPSA) is 25.8 Å². The van der Waals surface area contributed by atoms with Crippen molar-refractivity contribution in [3.05, 3.63) is 178 Å². The third-order valence-electron chi connectivity index (χ3n) is 10.5. The molecule has 0 aliphatic heterocycles. The Kier molecular flexibility index (Phi) is 8.75. The Balaban J connectivity index is 1.24. The predicted molar refractivity (Wildman–Crippen MR) is 211 cm³/mol. The van der Waals surface area contributed by atoms with Crippen molar-refractivity contribution in [2.24, 2.45) is 0 Å². The Hall–Kier alpha value is -4.47. The van der Waals surface area contributed by atoms with E-state index in [1.807, 2.05) is 24.5 Å². The molecule has 2 aromatic heterocycles. The summed E-state index contributed by atoms with van der Waals surface area (Å²) in [6.45, 7) is 13.7. The van der Waals surface area contributed by atoms with E-state index in [1.165, 1.54) is 66.8 Å². The maximum absolute atomic E-state index is 4.95. The van der Waals surface area contributed by atoms with Gasteiger partial charge in [0.05, 0.1) is 0 Å². The van der Waals surface area contributed by atoms with Crippen molar-refractivity contribution in [3.8, 4) is 22.3 Å². The van der Waals surface area contributed by atoms with E-state index in [9.17, 15) is 0 Å². The summed E-state index contributed by atoms with van der Waals surface area (Å²) in [7, 11) is 0.